The van der Waals surface area contributed by atoms with Gasteiger partial charge in [0, 0.05) is 44.1 Å². The Balaban J connectivity index is 1.26. The maximum absolute atomic E-state index is 13.0. The van der Waals surface area contributed by atoms with E-state index in [4.69, 9.17) is 20.2 Å². The minimum absolute atomic E-state index is 0.257. The van der Waals surface area contributed by atoms with Gasteiger partial charge in [0.1, 0.15) is 16.2 Å². The zero-order chi connectivity index (χ0) is 28.2. The number of aromatic nitrogens is 2. The van der Waals surface area contributed by atoms with Crippen LogP contribution in [0.1, 0.15) is 69.3 Å². The standard InChI is InChI=1S/C30H39N5O4S/c1-30(2,3)39-29(37)34-15-19-13-33(14-20(19)16-34)27-24(28(36)38-4)25(31)26(40-27)18-10-11-23-22(12-18)32-17-35(23)21-8-6-5-7-9-21/h10-12,17,19-21H,5-9,13-16,31H2,1-4H3. The lowest BCUT2D eigenvalue weighted by molar-refractivity contribution is 0.0282. The van der Waals surface area contributed by atoms with Crippen LogP contribution in [-0.4, -0.2) is 65.4 Å². The number of nitrogens with zero attached hydrogens (tertiary/aromatic N) is 4. The van der Waals surface area contributed by atoms with Crippen molar-refractivity contribution in [2.75, 3.05) is 43.9 Å². The predicted molar refractivity (Wildman–Crippen MR) is 158 cm³/mol. The number of benzene rings is 1. The van der Waals surface area contributed by atoms with Gasteiger partial charge < -0.3 is 29.6 Å². The number of nitrogens with two attached hydrogens (primary N) is 1. The lowest BCUT2D eigenvalue weighted by Crippen LogP contribution is -2.37. The zero-order valence-electron chi connectivity index (χ0n) is 23.8. The molecule has 3 aromatic rings. The number of methoxy groups -OCH3 is 1. The van der Waals surface area contributed by atoms with Crippen LogP contribution in [-0.2, 0) is 9.47 Å². The summed E-state index contributed by atoms with van der Waals surface area (Å²) in [5, 5.41) is 0.838. The lowest BCUT2D eigenvalue weighted by atomic mass is 9.95. The summed E-state index contributed by atoms with van der Waals surface area (Å²) >= 11 is 1.54. The van der Waals surface area contributed by atoms with Crippen LogP contribution in [0.15, 0.2) is 24.5 Å². The number of hydrogen-bond donors (Lipinski definition) is 1. The molecule has 1 saturated carbocycles. The van der Waals surface area contributed by atoms with Crippen molar-refractivity contribution in [1.82, 2.24) is 14.5 Å². The van der Waals surface area contributed by atoms with Crippen LogP contribution >= 0.6 is 11.3 Å². The highest BCUT2D eigenvalue weighted by Gasteiger charge is 2.44. The number of carbonyl (C=O) groups excluding carboxylic acids is 2. The van der Waals surface area contributed by atoms with E-state index in [1.807, 2.05) is 32.0 Å². The number of ether oxygens (including phenoxy) is 2. The molecule has 2 aromatic heterocycles. The third-order valence-electron chi connectivity index (χ3n) is 8.55. The first-order valence-corrected chi connectivity index (χ1v) is 15.1. The number of carbonyl (C=O) groups is 2. The van der Waals surface area contributed by atoms with E-state index in [9.17, 15) is 9.59 Å². The summed E-state index contributed by atoms with van der Waals surface area (Å²) in [4.78, 5) is 35.2. The molecule has 1 amide bonds. The Morgan fingerprint density at radius 1 is 1.05 bits per heavy atom. The van der Waals surface area contributed by atoms with Crippen LogP contribution < -0.4 is 10.6 Å². The largest absolute Gasteiger partial charge is 0.465 e. The summed E-state index contributed by atoms with van der Waals surface area (Å²) in [6, 6.07) is 6.82. The van der Waals surface area contributed by atoms with Crippen molar-refractivity contribution >= 4 is 45.1 Å². The van der Waals surface area contributed by atoms with Gasteiger partial charge >= 0.3 is 12.1 Å². The van der Waals surface area contributed by atoms with Crippen LogP contribution in [0.2, 0.25) is 0 Å². The Hall–Kier alpha value is -3.27. The molecule has 2 N–H and O–H groups in total. The van der Waals surface area contributed by atoms with E-state index in [0.29, 0.717) is 42.2 Å². The molecule has 4 heterocycles. The Morgan fingerprint density at radius 2 is 1.75 bits per heavy atom. The molecule has 2 atom stereocenters. The SMILES string of the molecule is COC(=O)c1c(N2CC3CN(C(=O)OC(C)(C)C)CC3C2)sc(-c2ccc3c(c2)ncn3C2CCCCC2)c1N. The van der Waals surface area contributed by atoms with E-state index in [-0.39, 0.29) is 6.09 Å². The number of amides is 1. The van der Waals surface area contributed by atoms with E-state index in [1.165, 1.54) is 50.6 Å². The monoisotopic (exact) mass is 565 g/mol. The van der Waals surface area contributed by atoms with Gasteiger partial charge in [-0.1, -0.05) is 25.3 Å². The Bertz CT molecular complexity index is 1420. The molecule has 0 radical (unpaired) electrons. The number of nitrogen functional groups attached to an aromatic ring is 1. The van der Waals surface area contributed by atoms with E-state index in [2.05, 4.69) is 27.7 Å². The van der Waals surface area contributed by atoms with Crippen molar-refractivity contribution in [3.63, 3.8) is 0 Å². The molecule has 1 aliphatic carbocycles. The topological polar surface area (TPSA) is 103 Å². The highest BCUT2D eigenvalue weighted by molar-refractivity contribution is 7.20. The summed E-state index contributed by atoms with van der Waals surface area (Å²) in [5.74, 6) is 0.194. The number of rotatable bonds is 4. The number of thiophene rings is 1. The quantitative estimate of drug-likeness (QED) is 0.391. The van der Waals surface area contributed by atoms with Crippen LogP contribution in [0.4, 0.5) is 15.5 Å². The molecule has 2 aliphatic heterocycles. The van der Waals surface area contributed by atoms with Gasteiger partial charge in [-0.2, -0.15) is 0 Å². The Labute approximate surface area is 239 Å². The number of hydrogen-bond acceptors (Lipinski definition) is 8. The van der Waals surface area contributed by atoms with Crippen molar-refractivity contribution in [3.05, 3.63) is 30.1 Å². The van der Waals surface area contributed by atoms with Crippen LogP contribution in [0.3, 0.4) is 0 Å². The number of likely N-dealkylation sites (tertiary alicyclic amines) is 1. The molecule has 2 unspecified atom stereocenters. The minimum atomic E-state index is -0.516. The van der Waals surface area contributed by atoms with Gasteiger partial charge in [0.25, 0.3) is 0 Å². The summed E-state index contributed by atoms with van der Waals surface area (Å²) in [6.07, 6.45) is 7.96. The second-order valence-corrected chi connectivity index (χ2v) is 13.5. The Kier molecular flexibility index (Phi) is 6.92. The summed E-state index contributed by atoms with van der Waals surface area (Å²) in [5.41, 5.74) is 10.1. The third-order valence-corrected chi connectivity index (χ3v) is 9.86. The predicted octanol–water partition coefficient (Wildman–Crippen LogP) is 5.94. The first-order valence-electron chi connectivity index (χ1n) is 14.3. The van der Waals surface area contributed by atoms with Gasteiger partial charge in [0.15, 0.2) is 0 Å². The average Bonchev–Trinajstić information content (AvgIpc) is 3.68. The fraction of sp³-hybridized carbons (Fsp3) is 0.567. The van der Waals surface area contributed by atoms with Crippen LogP contribution in [0.5, 0.6) is 0 Å². The molecule has 3 aliphatic rings. The van der Waals surface area contributed by atoms with Gasteiger partial charge in [-0.05, 0) is 51.3 Å². The first kappa shape index (κ1) is 26.9. The second-order valence-electron chi connectivity index (χ2n) is 12.5. The van der Waals surface area contributed by atoms with Gasteiger partial charge in [0.2, 0.25) is 0 Å². The van der Waals surface area contributed by atoms with E-state index < -0.39 is 11.6 Å². The van der Waals surface area contributed by atoms with Crippen molar-refractivity contribution in [3.8, 4) is 10.4 Å². The highest BCUT2D eigenvalue weighted by Crippen LogP contribution is 2.47. The van der Waals surface area contributed by atoms with Gasteiger partial charge in [0.05, 0.1) is 35.0 Å². The number of imidazole rings is 1. The van der Waals surface area contributed by atoms with Crippen molar-refractivity contribution in [2.45, 2.75) is 64.5 Å². The van der Waals surface area contributed by atoms with E-state index >= 15 is 0 Å². The third kappa shape index (κ3) is 4.91. The van der Waals surface area contributed by atoms with E-state index in [1.54, 1.807) is 0 Å². The Morgan fingerprint density at radius 3 is 2.40 bits per heavy atom. The molecule has 9 nitrogen and oxygen atoms in total. The first-order chi connectivity index (χ1) is 19.1. The number of fused-ring (bicyclic) bond motifs is 2. The fourth-order valence-corrected chi connectivity index (χ4v) is 7.85. The van der Waals surface area contributed by atoms with Gasteiger partial charge in [-0.3, -0.25) is 0 Å². The summed E-state index contributed by atoms with van der Waals surface area (Å²) in [7, 11) is 1.39. The highest BCUT2D eigenvalue weighted by atomic mass is 32.1. The summed E-state index contributed by atoms with van der Waals surface area (Å²) < 4.78 is 13.1. The molecule has 6 rings (SSSR count). The molecule has 214 valence electrons. The lowest BCUT2D eigenvalue weighted by Gasteiger charge is -2.26. The maximum atomic E-state index is 13.0. The molecule has 40 heavy (non-hydrogen) atoms. The van der Waals surface area contributed by atoms with Gasteiger partial charge in [-0.15, -0.1) is 11.3 Å². The number of esters is 1. The van der Waals surface area contributed by atoms with E-state index in [0.717, 1.165) is 39.6 Å². The maximum Gasteiger partial charge on any atom is 0.410 e. The summed E-state index contributed by atoms with van der Waals surface area (Å²) in [6.45, 7) is 8.45. The molecule has 10 heteroatoms. The van der Waals surface area contributed by atoms with Crippen molar-refractivity contribution in [2.24, 2.45) is 11.8 Å². The fourth-order valence-electron chi connectivity index (χ4n) is 6.63. The normalized spacial score (nSPS) is 21.7. The smallest absolute Gasteiger partial charge is 0.410 e. The minimum Gasteiger partial charge on any atom is -0.465 e. The molecule has 1 aromatic carbocycles. The van der Waals surface area contributed by atoms with Crippen LogP contribution in [0.25, 0.3) is 21.5 Å². The zero-order valence-corrected chi connectivity index (χ0v) is 24.6. The molecule has 0 spiro atoms. The average molecular weight is 566 g/mol. The van der Waals surface area contributed by atoms with Crippen molar-refractivity contribution in [1.29, 1.82) is 0 Å². The van der Waals surface area contributed by atoms with Crippen LogP contribution in [0, 0.1) is 11.8 Å². The molecular formula is C30H39N5O4S. The molecule has 2 saturated heterocycles. The van der Waals surface area contributed by atoms with Gasteiger partial charge in [-0.25, -0.2) is 14.6 Å². The second kappa shape index (κ2) is 10.3. The number of anilines is 2. The van der Waals surface area contributed by atoms with Crippen molar-refractivity contribution < 1.29 is 19.1 Å². The molecular weight excluding hydrogens is 526 g/mol. The molecule has 3 fully saturated rings. The molecule has 0 bridgehead atoms.